The van der Waals surface area contributed by atoms with Gasteiger partial charge >= 0.3 is 0 Å². The zero-order valence-electron chi connectivity index (χ0n) is 16.4. The van der Waals surface area contributed by atoms with Gasteiger partial charge in [-0.15, -0.1) is 0 Å². The molecule has 1 aromatic rings. The van der Waals surface area contributed by atoms with Crippen molar-refractivity contribution in [2.24, 2.45) is 0 Å². The summed E-state index contributed by atoms with van der Waals surface area (Å²) in [6, 6.07) is 10.5. The van der Waals surface area contributed by atoms with E-state index in [0.717, 1.165) is 45.2 Å². The molecule has 1 aliphatic carbocycles. The molecule has 5 nitrogen and oxygen atoms in total. The predicted molar refractivity (Wildman–Crippen MR) is 112 cm³/mol. The molecule has 2 heterocycles. The summed E-state index contributed by atoms with van der Waals surface area (Å²) in [6.07, 6.45) is 8.08. The van der Waals surface area contributed by atoms with Crippen LogP contribution in [0.4, 0.5) is 0 Å². The van der Waals surface area contributed by atoms with Crippen molar-refractivity contribution in [1.82, 2.24) is 9.80 Å². The van der Waals surface area contributed by atoms with Crippen molar-refractivity contribution < 1.29 is 13.2 Å². The lowest BCUT2D eigenvalue weighted by Crippen LogP contribution is -2.51. The van der Waals surface area contributed by atoms with Gasteiger partial charge in [0.05, 0.1) is 18.1 Å². The maximum atomic E-state index is 13.2. The van der Waals surface area contributed by atoms with Gasteiger partial charge in [-0.1, -0.05) is 49.2 Å². The van der Waals surface area contributed by atoms with Crippen molar-refractivity contribution in [3.05, 3.63) is 42.0 Å². The van der Waals surface area contributed by atoms with E-state index >= 15 is 0 Å². The molecule has 2 fully saturated rings. The smallest absolute Gasteiger partial charge is 0.237 e. The molecule has 152 valence electrons. The predicted octanol–water partition coefficient (Wildman–Crippen LogP) is 2.73. The molecular weight excluding hydrogens is 372 g/mol. The van der Waals surface area contributed by atoms with Gasteiger partial charge in [0.1, 0.15) is 0 Å². The van der Waals surface area contributed by atoms with Crippen LogP contribution in [0.5, 0.6) is 0 Å². The van der Waals surface area contributed by atoms with Crippen molar-refractivity contribution >= 4 is 21.3 Å². The second-order valence-corrected chi connectivity index (χ2v) is 10.6. The lowest BCUT2D eigenvalue weighted by molar-refractivity contribution is -0.136. The molecule has 0 N–H and O–H groups in total. The van der Waals surface area contributed by atoms with E-state index in [9.17, 15) is 13.2 Å². The van der Waals surface area contributed by atoms with Gasteiger partial charge in [0.2, 0.25) is 5.91 Å². The van der Waals surface area contributed by atoms with Crippen LogP contribution in [0.3, 0.4) is 0 Å². The third-order valence-electron chi connectivity index (χ3n) is 6.40. The van der Waals surface area contributed by atoms with Crippen LogP contribution < -0.4 is 0 Å². The van der Waals surface area contributed by atoms with Crippen molar-refractivity contribution in [3.63, 3.8) is 0 Å². The van der Waals surface area contributed by atoms with Gasteiger partial charge in [-0.05, 0) is 36.8 Å². The van der Waals surface area contributed by atoms with E-state index in [1.54, 1.807) is 0 Å². The fourth-order valence-corrected chi connectivity index (χ4v) is 6.64. The molecule has 0 spiro atoms. The first-order valence-electron chi connectivity index (χ1n) is 10.5. The average Bonchev–Trinajstić information content (AvgIpc) is 3.33. The largest absolute Gasteiger partial charge is 0.335 e. The summed E-state index contributed by atoms with van der Waals surface area (Å²) < 4.78 is 24.0. The maximum absolute atomic E-state index is 13.2. The molecule has 1 amide bonds. The van der Waals surface area contributed by atoms with Crippen LogP contribution in [-0.4, -0.2) is 67.3 Å². The van der Waals surface area contributed by atoms with Gasteiger partial charge in [-0.25, -0.2) is 8.42 Å². The zero-order chi connectivity index (χ0) is 19.6. The molecular formula is C22H30N2O3S. The van der Waals surface area contributed by atoms with Crippen LogP contribution in [0, 0.1) is 0 Å². The quantitative estimate of drug-likeness (QED) is 0.760. The first-order chi connectivity index (χ1) is 13.5. The first kappa shape index (κ1) is 19.6. The van der Waals surface area contributed by atoms with Gasteiger partial charge in [0, 0.05) is 25.2 Å². The molecule has 6 heteroatoms. The molecule has 4 rings (SSSR count). The highest BCUT2D eigenvalue weighted by Gasteiger charge is 2.39. The minimum absolute atomic E-state index is 0.116. The molecule has 1 saturated carbocycles. The summed E-state index contributed by atoms with van der Waals surface area (Å²) >= 11 is 0. The Hall–Kier alpha value is -1.66. The number of nitrogens with zero attached hydrogens (tertiary/aromatic N) is 2. The van der Waals surface area contributed by atoms with Gasteiger partial charge in [0.15, 0.2) is 9.84 Å². The lowest BCUT2D eigenvalue weighted by Gasteiger charge is -2.36. The van der Waals surface area contributed by atoms with E-state index in [-0.39, 0.29) is 29.5 Å². The number of carbonyl (C=O) groups is 1. The Balaban J connectivity index is 1.41. The Kier molecular flexibility index (Phi) is 5.88. The molecule has 28 heavy (non-hydrogen) atoms. The molecule has 0 aromatic heterocycles. The number of sulfone groups is 1. The van der Waals surface area contributed by atoms with Crippen LogP contribution >= 0.6 is 0 Å². The summed E-state index contributed by atoms with van der Waals surface area (Å²) in [5, 5.41) is 0. The number of hydrogen-bond acceptors (Lipinski definition) is 4. The fraction of sp³-hybridized carbons (Fsp3) is 0.591. The first-order valence-corrected chi connectivity index (χ1v) is 12.3. The van der Waals surface area contributed by atoms with Crippen LogP contribution in [0.1, 0.15) is 44.1 Å². The third-order valence-corrected chi connectivity index (χ3v) is 8.15. The van der Waals surface area contributed by atoms with E-state index in [1.807, 2.05) is 11.0 Å². The van der Waals surface area contributed by atoms with Gasteiger partial charge in [-0.3, -0.25) is 9.69 Å². The Labute approximate surface area is 168 Å². The Bertz CT molecular complexity index is 829. The molecule has 1 aromatic carbocycles. The monoisotopic (exact) mass is 402 g/mol. The highest BCUT2D eigenvalue weighted by molar-refractivity contribution is 7.91. The molecule has 1 unspecified atom stereocenters. The second-order valence-electron chi connectivity index (χ2n) is 8.38. The molecule has 1 saturated heterocycles. The van der Waals surface area contributed by atoms with Crippen molar-refractivity contribution in [2.45, 2.75) is 50.6 Å². The van der Waals surface area contributed by atoms with E-state index in [2.05, 4.69) is 35.2 Å². The topological polar surface area (TPSA) is 57.7 Å². The SMILES string of the molecule is O=C(CN1CC=C(c2ccccc2)CC1)N(C1CCCC1)C1CCS(=O)(=O)C1. The fourth-order valence-electron chi connectivity index (χ4n) is 4.92. The summed E-state index contributed by atoms with van der Waals surface area (Å²) in [7, 11) is -2.99. The van der Waals surface area contributed by atoms with Crippen molar-refractivity contribution in [1.29, 1.82) is 0 Å². The second kappa shape index (κ2) is 8.37. The van der Waals surface area contributed by atoms with Gasteiger partial charge in [-0.2, -0.15) is 0 Å². The number of rotatable bonds is 5. The van der Waals surface area contributed by atoms with Crippen molar-refractivity contribution in [2.75, 3.05) is 31.1 Å². The van der Waals surface area contributed by atoms with Gasteiger partial charge in [0.25, 0.3) is 0 Å². The Morgan fingerprint density at radius 3 is 2.43 bits per heavy atom. The maximum Gasteiger partial charge on any atom is 0.237 e. The molecule has 0 radical (unpaired) electrons. The number of carbonyl (C=O) groups excluding carboxylic acids is 1. The normalized spacial score (nSPS) is 25.6. The van der Waals surface area contributed by atoms with Crippen LogP contribution in [0.25, 0.3) is 5.57 Å². The minimum Gasteiger partial charge on any atom is -0.335 e. The molecule has 1 atom stereocenters. The summed E-state index contributed by atoms with van der Waals surface area (Å²) in [5.74, 6) is 0.486. The van der Waals surface area contributed by atoms with Gasteiger partial charge < -0.3 is 4.90 Å². The standard InChI is InChI=1S/C22H30N2O3S/c25-22(16-23-13-10-19(11-14-23)18-6-2-1-3-7-18)24(20-8-4-5-9-20)21-12-15-28(26,27)17-21/h1-3,6-7,10,20-21H,4-5,8-9,11-17H2. The molecule has 0 bridgehead atoms. The average molecular weight is 403 g/mol. The van der Waals surface area contributed by atoms with E-state index in [4.69, 9.17) is 0 Å². The van der Waals surface area contributed by atoms with Crippen molar-refractivity contribution in [3.8, 4) is 0 Å². The summed E-state index contributed by atoms with van der Waals surface area (Å²) in [4.78, 5) is 17.4. The number of amides is 1. The number of hydrogen-bond donors (Lipinski definition) is 0. The van der Waals surface area contributed by atoms with Crippen LogP contribution in [-0.2, 0) is 14.6 Å². The molecule has 3 aliphatic rings. The number of benzene rings is 1. The summed E-state index contributed by atoms with van der Waals surface area (Å²) in [5.41, 5.74) is 2.61. The minimum atomic E-state index is -2.99. The lowest BCUT2D eigenvalue weighted by atomic mass is 9.99. The Morgan fingerprint density at radius 1 is 1.07 bits per heavy atom. The Morgan fingerprint density at radius 2 is 1.82 bits per heavy atom. The molecule has 2 aliphatic heterocycles. The van der Waals surface area contributed by atoms with Crippen LogP contribution in [0.2, 0.25) is 0 Å². The van der Waals surface area contributed by atoms with E-state index in [0.29, 0.717) is 13.0 Å². The van der Waals surface area contributed by atoms with Crippen LogP contribution in [0.15, 0.2) is 36.4 Å². The highest BCUT2D eigenvalue weighted by Crippen LogP contribution is 2.30. The third kappa shape index (κ3) is 4.49. The summed E-state index contributed by atoms with van der Waals surface area (Å²) in [6.45, 7) is 2.04. The zero-order valence-corrected chi connectivity index (χ0v) is 17.2. The highest BCUT2D eigenvalue weighted by atomic mass is 32.2. The van der Waals surface area contributed by atoms with E-state index in [1.165, 1.54) is 11.1 Å². The van der Waals surface area contributed by atoms with E-state index < -0.39 is 9.84 Å².